The lowest BCUT2D eigenvalue weighted by atomic mass is 10.1. The molecule has 1 atom stereocenters. The molecule has 1 aromatic heterocycles. The number of aromatic amines is 1. The summed E-state index contributed by atoms with van der Waals surface area (Å²) < 4.78 is 13.5. The van der Waals surface area contributed by atoms with Gasteiger partial charge < -0.3 is 5.32 Å². The standard InChI is InChI=1S/C11H12FN5O/c1-6-3-4-9(12)8(5-6)11(18)13-7(2)10-14-16-17-15-10/h3-5,7H,1-2H3,(H,13,18)(H,14,15,16,17). The largest absolute Gasteiger partial charge is 0.342 e. The molecule has 94 valence electrons. The van der Waals surface area contributed by atoms with E-state index in [2.05, 4.69) is 25.9 Å². The summed E-state index contributed by atoms with van der Waals surface area (Å²) in [6.07, 6.45) is 0. The van der Waals surface area contributed by atoms with Crippen LogP contribution in [-0.2, 0) is 0 Å². The molecule has 0 aliphatic carbocycles. The molecule has 1 unspecified atom stereocenters. The number of rotatable bonds is 3. The molecule has 0 aliphatic heterocycles. The van der Waals surface area contributed by atoms with E-state index in [9.17, 15) is 9.18 Å². The lowest BCUT2D eigenvalue weighted by molar-refractivity contribution is 0.0934. The molecule has 1 aromatic carbocycles. The molecule has 1 amide bonds. The van der Waals surface area contributed by atoms with Gasteiger partial charge in [0, 0.05) is 0 Å². The van der Waals surface area contributed by atoms with Crippen LogP contribution in [0.1, 0.15) is 34.7 Å². The smallest absolute Gasteiger partial charge is 0.254 e. The van der Waals surface area contributed by atoms with Crippen molar-refractivity contribution >= 4 is 5.91 Å². The maximum atomic E-state index is 13.5. The third kappa shape index (κ3) is 2.50. The zero-order valence-electron chi connectivity index (χ0n) is 9.94. The molecule has 7 heteroatoms. The first kappa shape index (κ1) is 12.2. The Morgan fingerprint density at radius 1 is 1.50 bits per heavy atom. The number of nitrogens with one attached hydrogen (secondary N) is 2. The van der Waals surface area contributed by atoms with Crippen LogP contribution in [0, 0.1) is 12.7 Å². The van der Waals surface area contributed by atoms with Crippen molar-refractivity contribution in [3.05, 3.63) is 41.0 Å². The first-order valence-electron chi connectivity index (χ1n) is 5.38. The highest BCUT2D eigenvalue weighted by Gasteiger charge is 2.17. The van der Waals surface area contributed by atoms with E-state index >= 15 is 0 Å². The van der Waals surface area contributed by atoms with Gasteiger partial charge in [-0.25, -0.2) is 4.39 Å². The predicted octanol–water partition coefficient (Wildman–Crippen LogP) is 1.14. The molecule has 0 fully saturated rings. The highest BCUT2D eigenvalue weighted by atomic mass is 19.1. The normalized spacial score (nSPS) is 12.2. The number of benzene rings is 1. The average molecular weight is 249 g/mol. The molecule has 18 heavy (non-hydrogen) atoms. The molecule has 2 N–H and O–H groups in total. The minimum Gasteiger partial charge on any atom is -0.342 e. The first-order chi connectivity index (χ1) is 8.58. The lowest BCUT2D eigenvalue weighted by Crippen LogP contribution is -2.28. The molecule has 0 bridgehead atoms. The number of halogens is 1. The van der Waals surface area contributed by atoms with Crippen LogP contribution in [0.25, 0.3) is 0 Å². The summed E-state index contributed by atoms with van der Waals surface area (Å²) in [5.74, 6) is -0.719. The number of aryl methyl sites for hydroxylation is 1. The van der Waals surface area contributed by atoms with E-state index in [4.69, 9.17) is 0 Å². The maximum Gasteiger partial charge on any atom is 0.254 e. The van der Waals surface area contributed by atoms with E-state index in [1.54, 1.807) is 19.9 Å². The van der Waals surface area contributed by atoms with Crippen LogP contribution in [0.2, 0.25) is 0 Å². The summed E-state index contributed by atoms with van der Waals surface area (Å²) in [7, 11) is 0. The van der Waals surface area contributed by atoms with Crippen LogP contribution in [0.15, 0.2) is 18.2 Å². The van der Waals surface area contributed by atoms with Crippen molar-refractivity contribution in [1.29, 1.82) is 0 Å². The first-order valence-corrected chi connectivity index (χ1v) is 5.38. The highest BCUT2D eigenvalue weighted by Crippen LogP contribution is 2.12. The number of amides is 1. The van der Waals surface area contributed by atoms with E-state index in [0.717, 1.165) is 5.56 Å². The number of carbonyl (C=O) groups is 1. The van der Waals surface area contributed by atoms with Gasteiger partial charge in [-0.15, -0.1) is 10.2 Å². The monoisotopic (exact) mass is 249 g/mol. The van der Waals surface area contributed by atoms with Crippen LogP contribution in [0.3, 0.4) is 0 Å². The van der Waals surface area contributed by atoms with Gasteiger partial charge in [0.2, 0.25) is 0 Å². The predicted molar refractivity (Wildman–Crippen MR) is 61.2 cm³/mol. The third-order valence-corrected chi connectivity index (χ3v) is 2.46. The lowest BCUT2D eigenvalue weighted by Gasteiger charge is -2.10. The Kier molecular flexibility index (Phi) is 3.31. The van der Waals surface area contributed by atoms with E-state index in [1.807, 2.05) is 0 Å². The molecule has 2 aromatic rings. The van der Waals surface area contributed by atoms with Gasteiger partial charge in [0.05, 0.1) is 11.6 Å². The molecule has 0 saturated heterocycles. The SMILES string of the molecule is Cc1ccc(F)c(C(=O)NC(C)c2nn[nH]n2)c1. The van der Waals surface area contributed by atoms with Crippen molar-refractivity contribution in [2.45, 2.75) is 19.9 Å². The van der Waals surface area contributed by atoms with Gasteiger partial charge in [0.15, 0.2) is 5.82 Å². The van der Waals surface area contributed by atoms with Crippen LogP contribution >= 0.6 is 0 Å². The van der Waals surface area contributed by atoms with Crippen LogP contribution < -0.4 is 5.32 Å². The van der Waals surface area contributed by atoms with E-state index in [0.29, 0.717) is 5.82 Å². The van der Waals surface area contributed by atoms with Crippen molar-refractivity contribution < 1.29 is 9.18 Å². The zero-order valence-corrected chi connectivity index (χ0v) is 9.94. The molecular formula is C11H12FN5O. The Morgan fingerprint density at radius 3 is 2.94 bits per heavy atom. The van der Waals surface area contributed by atoms with Crippen molar-refractivity contribution in [3.63, 3.8) is 0 Å². The van der Waals surface area contributed by atoms with Gasteiger partial charge in [0.1, 0.15) is 5.82 Å². The van der Waals surface area contributed by atoms with Crippen molar-refractivity contribution in [3.8, 4) is 0 Å². The number of nitrogens with zero attached hydrogens (tertiary/aromatic N) is 3. The second kappa shape index (κ2) is 4.91. The average Bonchev–Trinajstić information content (AvgIpc) is 2.85. The van der Waals surface area contributed by atoms with Crippen molar-refractivity contribution in [1.82, 2.24) is 25.9 Å². The number of carbonyl (C=O) groups excluding carboxylic acids is 1. The zero-order chi connectivity index (χ0) is 13.1. The quantitative estimate of drug-likeness (QED) is 0.854. The van der Waals surface area contributed by atoms with Gasteiger partial charge in [-0.05, 0) is 26.0 Å². The fourth-order valence-electron chi connectivity index (χ4n) is 1.51. The van der Waals surface area contributed by atoms with Gasteiger partial charge in [0.25, 0.3) is 5.91 Å². The van der Waals surface area contributed by atoms with Gasteiger partial charge in [-0.1, -0.05) is 16.8 Å². The second-order valence-corrected chi connectivity index (χ2v) is 3.95. The molecule has 0 spiro atoms. The Hall–Kier alpha value is -2.31. The topological polar surface area (TPSA) is 83.6 Å². The summed E-state index contributed by atoms with van der Waals surface area (Å²) in [5.41, 5.74) is 0.819. The number of aromatic nitrogens is 4. The fourth-order valence-corrected chi connectivity index (χ4v) is 1.51. The molecule has 1 heterocycles. The summed E-state index contributed by atoms with van der Waals surface area (Å²) >= 11 is 0. The van der Waals surface area contributed by atoms with Crippen molar-refractivity contribution in [2.24, 2.45) is 0 Å². The van der Waals surface area contributed by atoms with E-state index in [-0.39, 0.29) is 5.56 Å². The Labute approximate surface area is 103 Å². The van der Waals surface area contributed by atoms with Crippen LogP contribution in [0.4, 0.5) is 4.39 Å². The Balaban J connectivity index is 2.15. The summed E-state index contributed by atoms with van der Waals surface area (Å²) in [5, 5.41) is 15.8. The molecule has 0 aliphatic rings. The van der Waals surface area contributed by atoms with Crippen LogP contribution in [-0.4, -0.2) is 26.5 Å². The van der Waals surface area contributed by atoms with Gasteiger partial charge in [-0.3, -0.25) is 4.79 Å². The molecular weight excluding hydrogens is 237 g/mol. The number of hydrogen-bond acceptors (Lipinski definition) is 4. The summed E-state index contributed by atoms with van der Waals surface area (Å²) in [6.45, 7) is 3.48. The molecule has 2 rings (SSSR count). The number of H-pyrrole nitrogens is 1. The van der Waals surface area contributed by atoms with E-state index in [1.165, 1.54) is 12.1 Å². The Morgan fingerprint density at radius 2 is 2.28 bits per heavy atom. The van der Waals surface area contributed by atoms with E-state index < -0.39 is 17.8 Å². The summed E-state index contributed by atoms with van der Waals surface area (Å²) in [4.78, 5) is 11.9. The fraction of sp³-hybridized carbons (Fsp3) is 0.273. The minimum atomic E-state index is -0.557. The minimum absolute atomic E-state index is 0.00495. The highest BCUT2D eigenvalue weighted by molar-refractivity contribution is 5.94. The van der Waals surface area contributed by atoms with Gasteiger partial charge >= 0.3 is 0 Å². The van der Waals surface area contributed by atoms with Gasteiger partial charge in [-0.2, -0.15) is 5.21 Å². The van der Waals surface area contributed by atoms with Crippen molar-refractivity contribution in [2.75, 3.05) is 0 Å². The summed E-state index contributed by atoms with van der Waals surface area (Å²) in [6, 6.07) is 3.92. The number of hydrogen-bond donors (Lipinski definition) is 2. The number of tetrazole rings is 1. The Bertz CT molecular complexity index is 555. The van der Waals surface area contributed by atoms with Crippen LogP contribution in [0.5, 0.6) is 0 Å². The second-order valence-electron chi connectivity index (χ2n) is 3.95. The molecule has 6 nitrogen and oxygen atoms in total. The third-order valence-electron chi connectivity index (χ3n) is 2.46. The molecule has 0 radical (unpaired) electrons. The molecule has 0 saturated carbocycles. The maximum absolute atomic E-state index is 13.5.